The van der Waals surface area contributed by atoms with E-state index in [1.807, 2.05) is 6.07 Å². The minimum absolute atomic E-state index is 0.0462. The molecule has 7 heteroatoms. The third kappa shape index (κ3) is 3.39. The number of nitro groups is 1. The predicted molar refractivity (Wildman–Crippen MR) is 71.8 cm³/mol. The first kappa shape index (κ1) is 14.1. The van der Waals surface area contributed by atoms with Crippen LogP contribution in [0.3, 0.4) is 0 Å². The topological polar surface area (TPSA) is 106 Å². The number of aldehydes is 1. The van der Waals surface area contributed by atoms with Gasteiger partial charge in [0.2, 0.25) is 0 Å². The maximum atomic E-state index is 10.9. The lowest BCUT2D eigenvalue weighted by Crippen LogP contribution is -2.00. The zero-order valence-corrected chi connectivity index (χ0v) is 10.7. The summed E-state index contributed by atoms with van der Waals surface area (Å²) in [6.45, 7) is 0.0462. The fourth-order valence-corrected chi connectivity index (χ4v) is 1.65. The Kier molecular flexibility index (Phi) is 4.21. The molecule has 0 N–H and O–H groups in total. The predicted octanol–water partition coefficient (Wildman–Crippen LogP) is 2.25. The molecule has 1 aromatic heterocycles. The zero-order valence-electron chi connectivity index (χ0n) is 10.7. The van der Waals surface area contributed by atoms with Crippen LogP contribution < -0.4 is 4.74 Å². The number of carbonyl (C=O) groups excluding carboxylic acids is 1. The van der Waals surface area contributed by atoms with Crippen molar-refractivity contribution in [2.24, 2.45) is 0 Å². The van der Waals surface area contributed by atoms with E-state index in [2.05, 4.69) is 4.98 Å². The highest BCUT2D eigenvalue weighted by Crippen LogP contribution is 2.24. The highest BCUT2D eigenvalue weighted by atomic mass is 16.6. The number of benzene rings is 1. The summed E-state index contributed by atoms with van der Waals surface area (Å²) in [6, 6.07) is 7.28. The number of pyridine rings is 1. The number of non-ortho nitro benzene ring substituents is 1. The molecule has 0 aliphatic heterocycles. The van der Waals surface area contributed by atoms with Crippen molar-refractivity contribution in [1.82, 2.24) is 4.98 Å². The minimum Gasteiger partial charge on any atom is -0.488 e. The molecular formula is C14H9N3O4. The summed E-state index contributed by atoms with van der Waals surface area (Å²) >= 11 is 0. The third-order valence-electron chi connectivity index (χ3n) is 2.65. The van der Waals surface area contributed by atoms with E-state index in [-0.39, 0.29) is 23.6 Å². The second-order valence-corrected chi connectivity index (χ2v) is 4.08. The molecule has 1 aromatic carbocycles. The van der Waals surface area contributed by atoms with E-state index in [0.29, 0.717) is 17.4 Å². The third-order valence-corrected chi connectivity index (χ3v) is 2.65. The molecule has 0 spiro atoms. The Morgan fingerprint density at radius 2 is 2.19 bits per heavy atom. The monoisotopic (exact) mass is 283 g/mol. The van der Waals surface area contributed by atoms with Gasteiger partial charge in [0.05, 0.1) is 22.1 Å². The zero-order chi connectivity index (χ0) is 15.2. The van der Waals surface area contributed by atoms with Crippen LogP contribution in [0.15, 0.2) is 36.7 Å². The van der Waals surface area contributed by atoms with Gasteiger partial charge in [-0.2, -0.15) is 5.26 Å². The molecule has 0 unspecified atom stereocenters. The lowest BCUT2D eigenvalue weighted by molar-refractivity contribution is -0.384. The maximum Gasteiger partial charge on any atom is 0.273 e. The van der Waals surface area contributed by atoms with E-state index in [9.17, 15) is 14.9 Å². The van der Waals surface area contributed by atoms with Gasteiger partial charge in [0, 0.05) is 24.0 Å². The van der Waals surface area contributed by atoms with E-state index in [1.54, 1.807) is 6.07 Å². The van der Waals surface area contributed by atoms with Gasteiger partial charge < -0.3 is 4.74 Å². The normalized spacial score (nSPS) is 9.67. The lowest BCUT2D eigenvalue weighted by Gasteiger charge is -2.08. The first-order valence-electron chi connectivity index (χ1n) is 5.84. The molecule has 0 saturated carbocycles. The summed E-state index contributed by atoms with van der Waals surface area (Å²) in [4.78, 5) is 24.9. The second kappa shape index (κ2) is 6.25. The maximum absolute atomic E-state index is 10.9. The van der Waals surface area contributed by atoms with Crippen molar-refractivity contribution in [3.05, 3.63) is 63.5 Å². The van der Waals surface area contributed by atoms with Gasteiger partial charge in [0.15, 0.2) is 6.29 Å². The fourth-order valence-electron chi connectivity index (χ4n) is 1.65. The number of carbonyl (C=O) groups is 1. The average molecular weight is 283 g/mol. The number of rotatable bonds is 5. The summed E-state index contributed by atoms with van der Waals surface area (Å²) in [7, 11) is 0. The van der Waals surface area contributed by atoms with Gasteiger partial charge in [-0.25, -0.2) is 0 Å². The first-order chi connectivity index (χ1) is 10.1. The lowest BCUT2D eigenvalue weighted by atomic mass is 10.2. The quantitative estimate of drug-likeness (QED) is 0.473. The van der Waals surface area contributed by atoms with Crippen molar-refractivity contribution >= 4 is 12.0 Å². The number of ether oxygens (including phenoxy) is 1. The summed E-state index contributed by atoms with van der Waals surface area (Å²) in [6.07, 6.45) is 3.48. The molecule has 1 heterocycles. The van der Waals surface area contributed by atoms with Crippen molar-refractivity contribution in [2.75, 3.05) is 0 Å². The molecular weight excluding hydrogens is 274 g/mol. The van der Waals surface area contributed by atoms with Crippen molar-refractivity contribution in [3.63, 3.8) is 0 Å². The molecule has 0 amide bonds. The van der Waals surface area contributed by atoms with E-state index in [0.717, 1.165) is 0 Å². The van der Waals surface area contributed by atoms with Crippen LogP contribution in [0.25, 0.3) is 0 Å². The molecule has 0 radical (unpaired) electrons. The fraction of sp³-hybridized carbons (Fsp3) is 0.0714. The molecule has 21 heavy (non-hydrogen) atoms. The van der Waals surface area contributed by atoms with E-state index in [4.69, 9.17) is 10.00 Å². The van der Waals surface area contributed by atoms with Crippen molar-refractivity contribution in [3.8, 4) is 11.8 Å². The van der Waals surface area contributed by atoms with Crippen LogP contribution in [-0.4, -0.2) is 16.2 Å². The number of nitrogens with zero attached hydrogens (tertiary/aromatic N) is 3. The van der Waals surface area contributed by atoms with Crippen LogP contribution in [0.4, 0.5) is 5.69 Å². The molecule has 0 bridgehead atoms. The average Bonchev–Trinajstić information content (AvgIpc) is 2.52. The Morgan fingerprint density at radius 1 is 1.38 bits per heavy atom. The van der Waals surface area contributed by atoms with Gasteiger partial charge in [-0.3, -0.25) is 19.9 Å². The van der Waals surface area contributed by atoms with Gasteiger partial charge in [0.25, 0.3) is 5.69 Å². The van der Waals surface area contributed by atoms with Gasteiger partial charge in [0.1, 0.15) is 18.4 Å². The Labute approximate surface area is 119 Å². The summed E-state index contributed by atoms with van der Waals surface area (Å²) in [5.41, 5.74) is 1.05. The van der Waals surface area contributed by atoms with Crippen LogP contribution in [0.1, 0.15) is 21.5 Å². The second-order valence-electron chi connectivity index (χ2n) is 4.08. The molecule has 2 rings (SSSR count). The molecule has 7 nitrogen and oxygen atoms in total. The summed E-state index contributed by atoms with van der Waals surface area (Å²) < 4.78 is 5.42. The van der Waals surface area contributed by atoms with Crippen LogP contribution >= 0.6 is 0 Å². The molecule has 2 aromatic rings. The number of aromatic nitrogens is 1. The van der Waals surface area contributed by atoms with Crippen LogP contribution in [0.2, 0.25) is 0 Å². The molecule has 0 atom stereocenters. The van der Waals surface area contributed by atoms with E-state index >= 15 is 0 Å². The van der Waals surface area contributed by atoms with Crippen LogP contribution in [0.5, 0.6) is 5.75 Å². The number of hydrogen-bond donors (Lipinski definition) is 0. The Bertz CT molecular complexity index is 737. The van der Waals surface area contributed by atoms with E-state index < -0.39 is 4.92 Å². The van der Waals surface area contributed by atoms with E-state index in [1.165, 1.54) is 30.6 Å². The van der Waals surface area contributed by atoms with Gasteiger partial charge in [-0.1, -0.05) is 0 Å². The van der Waals surface area contributed by atoms with Crippen LogP contribution in [-0.2, 0) is 6.61 Å². The standard InChI is InChI=1S/C14H9N3O4/c15-5-10-3-11(7-16-6-10)9-21-14-4-13(17(19)20)2-1-12(14)8-18/h1-4,6-8H,9H2. The SMILES string of the molecule is N#Cc1cncc(COc2cc([N+](=O)[O-])ccc2C=O)c1. The van der Waals surface area contributed by atoms with Gasteiger partial charge in [-0.15, -0.1) is 0 Å². The van der Waals surface area contributed by atoms with Crippen LogP contribution in [0, 0.1) is 21.4 Å². The Balaban J connectivity index is 2.22. The first-order valence-corrected chi connectivity index (χ1v) is 5.84. The van der Waals surface area contributed by atoms with Gasteiger partial charge >= 0.3 is 0 Å². The Hall–Kier alpha value is -3.27. The highest BCUT2D eigenvalue weighted by molar-refractivity contribution is 5.80. The summed E-state index contributed by atoms with van der Waals surface area (Å²) in [5.74, 6) is 0.113. The number of hydrogen-bond acceptors (Lipinski definition) is 6. The Morgan fingerprint density at radius 3 is 2.86 bits per heavy atom. The summed E-state index contributed by atoms with van der Waals surface area (Å²) in [5, 5.41) is 19.5. The van der Waals surface area contributed by atoms with Gasteiger partial charge in [-0.05, 0) is 12.1 Å². The molecule has 104 valence electrons. The molecule has 0 aliphatic carbocycles. The molecule has 0 fully saturated rings. The molecule has 0 saturated heterocycles. The highest BCUT2D eigenvalue weighted by Gasteiger charge is 2.11. The smallest absolute Gasteiger partial charge is 0.273 e. The number of nitriles is 1. The number of nitro benzene ring substituents is 1. The largest absolute Gasteiger partial charge is 0.488 e. The molecule has 0 aliphatic rings. The van der Waals surface area contributed by atoms with Crippen molar-refractivity contribution in [2.45, 2.75) is 6.61 Å². The minimum atomic E-state index is -0.570. The van der Waals surface area contributed by atoms with Crippen molar-refractivity contribution < 1.29 is 14.5 Å². The van der Waals surface area contributed by atoms with Crippen molar-refractivity contribution in [1.29, 1.82) is 5.26 Å².